The zero-order chi connectivity index (χ0) is 11.3. The van der Waals surface area contributed by atoms with Gasteiger partial charge < -0.3 is 20.3 Å². The Morgan fingerprint density at radius 3 is 2.60 bits per heavy atom. The molecule has 3 N–H and O–H groups in total. The van der Waals surface area contributed by atoms with Gasteiger partial charge in [-0.2, -0.15) is 0 Å². The van der Waals surface area contributed by atoms with E-state index >= 15 is 0 Å². The number of rotatable bonds is 5. The summed E-state index contributed by atoms with van der Waals surface area (Å²) < 4.78 is 10.2. The molecule has 0 heterocycles. The topological polar surface area (TPSA) is 64.7 Å². The highest BCUT2D eigenvalue weighted by atomic mass is 16.5. The molecule has 4 heteroatoms. The van der Waals surface area contributed by atoms with Crippen LogP contribution in [0.5, 0.6) is 11.5 Å². The fraction of sp³-hybridized carbons (Fsp3) is 0.455. The predicted octanol–water partition coefficient (Wildman–Crippen LogP) is 1.09. The largest absolute Gasteiger partial charge is 0.497 e. The van der Waals surface area contributed by atoms with Crippen molar-refractivity contribution in [2.45, 2.75) is 12.5 Å². The molecule has 0 radical (unpaired) electrons. The summed E-state index contributed by atoms with van der Waals surface area (Å²) in [7, 11) is 3.15. The summed E-state index contributed by atoms with van der Waals surface area (Å²) in [5.41, 5.74) is 6.13. The lowest BCUT2D eigenvalue weighted by Crippen LogP contribution is -2.08. The van der Waals surface area contributed by atoms with Gasteiger partial charge in [0.05, 0.1) is 20.3 Å². The molecular weight excluding hydrogens is 194 g/mol. The first-order valence-corrected chi connectivity index (χ1v) is 4.83. The second kappa shape index (κ2) is 5.58. The molecule has 84 valence electrons. The van der Waals surface area contributed by atoms with Crippen LogP contribution in [0.4, 0.5) is 0 Å². The fourth-order valence-electron chi connectivity index (χ4n) is 1.41. The molecule has 0 spiro atoms. The van der Waals surface area contributed by atoms with Crippen molar-refractivity contribution in [2.75, 3.05) is 20.8 Å². The van der Waals surface area contributed by atoms with E-state index in [9.17, 15) is 5.11 Å². The van der Waals surface area contributed by atoms with Gasteiger partial charge in [0.15, 0.2) is 0 Å². The van der Waals surface area contributed by atoms with Crippen LogP contribution in [0.3, 0.4) is 0 Å². The van der Waals surface area contributed by atoms with Crippen LogP contribution in [0.1, 0.15) is 18.1 Å². The van der Waals surface area contributed by atoms with Gasteiger partial charge >= 0.3 is 0 Å². The first-order valence-electron chi connectivity index (χ1n) is 4.83. The molecule has 1 aromatic carbocycles. The second-order valence-electron chi connectivity index (χ2n) is 3.20. The molecule has 15 heavy (non-hydrogen) atoms. The maximum atomic E-state index is 9.80. The maximum Gasteiger partial charge on any atom is 0.128 e. The number of hydrogen-bond donors (Lipinski definition) is 2. The summed E-state index contributed by atoms with van der Waals surface area (Å²) in [5.74, 6) is 1.32. The minimum Gasteiger partial charge on any atom is -0.497 e. The molecular formula is C11H17NO3. The standard InChI is InChI=1S/C11H17NO3/c1-14-8-3-4-9(10(13)5-6-12)11(7-8)15-2/h3-4,7,10,13H,5-6,12H2,1-2H3. The third-order valence-electron chi connectivity index (χ3n) is 2.24. The van der Waals surface area contributed by atoms with Crippen LogP contribution in [-0.4, -0.2) is 25.9 Å². The van der Waals surface area contributed by atoms with E-state index in [-0.39, 0.29) is 0 Å². The van der Waals surface area contributed by atoms with E-state index in [2.05, 4.69) is 0 Å². The highest BCUT2D eigenvalue weighted by molar-refractivity contribution is 5.41. The molecule has 0 saturated heterocycles. The minimum atomic E-state index is -0.587. The smallest absolute Gasteiger partial charge is 0.128 e. The molecule has 1 atom stereocenters. The summed E-state index contributed by atoms with van der Waals surface area (Å²) in [5, 5.41) is 9.80. The monoisotopic (exact) mass is 211 g/mol. The zero-order valence-electron chi connectivity index (χ0n) is 9.06. The number of hydrogen-bond acceptors (Lipinski definition) is 4. The number of ether oxygens (including phenoxy) is 2. The van der Waals surface area contributed by atoms with Crippen molar-refractivity contribution < 1.29 is 14.6 Å². The van der Waals surface area contributed by atoms with Gasteiger partial charge in [-0.3, -0.25) is 0 Å². The Kier molecular flexibility index (Phi) is 4.39. The molecule has 0 aliphatic rings. The van der Waals surface area contributed by atoms with Crippen LogP contribution in [0.25, 0.3) is 0 Å². The molecule has 0 aliphatic carbocycles. The molecule has 0 bridgehead atoms. The van der Waals surface area contributed by atoms with E-state index in [1.807, 2.05) is 0 Å². The van der Waals surface area contributed by atoms with Crippen LogP contribution in [-0.2, 0) is 0 Å². The Hall–Kier alpha value is -1.26. The Labute approximate surface area is 89.6 Å². The van der Waals surface area contributed by atoms with Crippen LogP contribution < -0.4 is 15.2 Å². The van der Waals surface area contributed by atoms with Crippen LogP contribution in [0.2, 0.25) is 0 Å². The van der Waals surface area contributed by atoms with E-state index in [0.29, 0.717) is 24.5 Å². The molecule has 0 saturated carbocycles. The van der Waals surface area contributed by atoms with E-state index in [0.717, 1.165) is 5.56 Å². The van der Waals surface area contributed by atoms with Crippen molar-refractivity contribution in [3.63, 3.8) is 0 Å². The van der Waals surface area contributed by atoms with Gasteiger partial charge in [-0.15, -0.1) is 0 Å². The lowest BCUT2D eigenvalue weighted by Gasteiger charge is -2.14. The van der Waals surface area contributed by atoms with Crippen molar-refractivity contribution in [1.82, 2.24) is 0 Å². The second-order valence-corrected chi connectivity index (χ2v) is 3.20. The third-order valence-corrected chi connectivity index (χ3v) is 2.24. The van der Waals surface area contributed by atoms with E-state index in [1.165, 1.54) is 0 Å². The number of aliphatic hydroxyl groups is 1. The Bertz CT molecular complexity index is 315. The quantitative estimate of drug-likeness (QED) is 0.765. The van der Waals surface area contributed by atoms with E-state index in [1.54, 1.807) is 32.4 Å². The minimum absolute atomic E-state index is 0.441. The van der Waals surface area contributed by atoms with Gasteiger partial charge in [0.1, 0.15) is 11.5 Å². The lowest BCUT2D eigenvalue weighted by atomic mass is 10.1. The van der Waals surface area contributed by atoms with Crippen molar-refractivity contribution in [1.29, 1.82) is 0 Å². The molecule has 1 aromatic rings. The maximum absolute atomic E-state index is 9.80. The summed E-state index contributed by atoms with van der Waals surface area (Å²) in [6.45, 7) is 0.441. The number of nitrogens with two attached hydrogens (primary N) is 1. The SMILES string of the molecule is COc1ccc(C(O)CCN)c(OC)c1. The van der Waals surface area contributed by atoms with E-state index < -0.39 is 6.10 Å². The fourth-order valence-corrected chi connectivity index (χ4v) is 1.41. The van der Waals surface area contributed by atoms with Crippen molar-refractivity contribution >= 4 is 0 Å². The molecule has 1 rings (SSSR count). The Morgan fingerprint density at radius 1 is 1.33 bits per heavy atom. The first kappa shape index (κ1) is 11.8. The normalized spacial score (nSPS) is 12.3. The zero-order valence-corrected chi connectivity index (χ0v) is 9.06. The third kappa shape index (κ3) is 2.84. The lowest BCUT2D eigenvalue weighted by molar-refractivity contribution is 0.166. The van der Waals surface area contributed by atoms with Crippen LogP contribution >= 0.6 is 0 Å². The van der Waals surface area contributed by atoms with Crippen LogP contribution in [0, 0.1) is 0 Å². The molecule has 4 nitrogen and oxygen atoms in total. The Morgan fingerprint density at radius 2 is 2.07 bits per heavy atom. The average molecular weight is 211 g/mol. The van der Waals surface area contributed by atoms with Gasteiger partial charge in [-0.25, -0.2) is 0 Å². The molecule has 1 unspecified atom stereocenters. The van der Waals surface area contributed by atoms with Gasteiger partial charge in [-0.1, -0.05) is 0 Å². The molecule has 0 aliphatic heterocycles. The highest BCUT2D eigenvalue weighted by Gasteiger charge is 2.13. The van der Waals surface area contributed by atoms with Crippen molar-refractivity contribution in [3.05, 3.63) is 23.8 Å². The van der Waals surface area contributed by atoms with Crippen molar-refractivity contribution in [2.24, 2.45) is 5.73 Å². The summed E-state index contributed by atoms with van der Waals surface area (Å²) in [4.78, 5) is 0. The Balaban J connectivity index is 2.96. The van der Waals surface area contributed by atoms with E-state index in [4.69, 9.17) is 15.2 Å². The molecule has 0 fully saturated rings. The predicted molar refractivity (Wildman–Crippen MR) is 58.2 cm³/mol. The van der Waals surface area contributed by atoms with Gasteiger partial charge in [0, 0.05) is 11.6 Å². The summed E-state index contributed by atoms with van der Waals surface area (Å²) in [6, 6.07) is 5.32. The van der Waals surface area contributed by atoms with Gasteiger partial charge in [-0.05, 0) is 25.1 Å². The number of methoxy groups -OCH3 is 2. The molecule has 0 aromatic heterocycles. The number of benzene rings is 1. The van der Waals surface area contributed by atoms with Gasteiger partial charge in [0.2, 0.25) is 0 Å². The highest BCUT2D eigenvalue weighted by Crippen LogP contribution is 2.30. The van der Waals surface area contributed by atoms with Crippen LogP contribution in [0.15, 0.2) is 18.2 Å². The molecule has 0 amide bonds. The van der Waals surface area contributed by atoms with Gasteiger partial charge in [0.25, 0.3) is 0 Å². The van der Waals surface area contributed by atoms with Crippen molar-refractivity contribution in [3.8, 4) is 11.5 Å². The summed E-state index contributed by atoms with van der Waals surface area (Å²) >= 11 is 0. The summed E-state index contributed by atoms with van der Waals surface area (Å²) in [6.07, 6.45) is -0.0706. The first-order chi connectivity index (χ1) is 7.22. The number of aliphatic hydroxyl groups excluding tert-OH is 1. The average Bonchev–Trinajstić information content (AvgIpc) is 2.28.